The number of aromatic nitrogens is 3. The number of fused-ring (bicyclic) bond motifs is 1. The third kappa shape index (κ3) is 6.60. The van der Waals surface area contributed by atoms with Gasteiger partial charge in [-0.25, -0.2) is 4.68 Å². The number of amides is 1. The highest BCUT2D eigenvalue weighted by atomic mass is 79.9. The van der Waals surface area contributed by atoms with Crippen molar-refractivity contribution in [2.24, 2.45) is 0 Å². The van der Waals surface area contributed by atoms with Crippen molar-refractivity contribution in [1.29, 1.82) is 0 Å². The van der Waals surface area contributed by atoms with Gasteiger partial charge in [0, 0.05) is 11.4 Å². The Morgan fingerprint density at radius 1 is 1.07 bits per heavy atom. The van der Waals surface area contributed by atoms with Crippen LogP contribution in [0.4, 0.5) is 11.6 Å². The van der Waals surface area contributed by atoms with E-state index in [4.69, 9.17) is 19.6 Å². The van der Waals surface area contributed by atoms with E-state index in [1.54, 1.807) is 16.4 Å². The number of anilines is 2. The summed E-state index contributed by atoms with van der Waals surface area (Å²) in [6.45, 7) is 12.8. The standard InChI is InChI=1S/C33H36BrN5O3S/c1-7-41-27-17-24(16-25(34)30(27)42-18-23-14-12-19(3)13-15-23)29-28(31(40)36-26-11-9-10-20(4)21(26)5)22(6)35-32-37-33(43-8-2)38-39(29)32/h9-17,29H,7-8,18H2,1-6H3,(H,36,40)(H,35,37,38). The maximum atomic E-state index is 14.1. The molecule has 1 aliphatic heterocycles. The van der Waals surface area contributed by atoms with Crippen molar-refractivity contribution >= 4 is 45.2 Å². The lowest BCUT2D eigenvalue weighted by Gasteiger charge is -2.29. The number of nitrogens with one attached hydrogen (secondary N) is 2. The van der Waals surface area contributed by atoms with Crippen LogP contribution in [0.25, 0.3) is 0 Å². The summed E-state index contributed by atoms with van der Waals surface area (Å²) in [5.74, 6) is 2.37. The summed E-state index contributed by atoms with van der Waals surface area (Å²) in [5.41, 5.74) is 7.20. The first-order valence-electron chi connectivity index (χ1n) is 14.3. The molecule has 1 unspecified atom stereocenters. The number of benzene rings is 3. The van der Waals surface area contributed by atoms with Crippen molar-refractivity contribution < 1.29 is 14.3 Å². The zero-order valence-corrected chi connectivity index (χ0v) is 27.6. The molecule has 0 fully saturated rings. The van der Waals surface area contributed by atoms with Gasteiger partial charge in [0.25, 0.3) is 5.91 Å². The Bertz CT molecular complexity index is 1680. The smallest absolute Gasteiger partial charge is 0.255 e. The summed E-state index contributed by atoms with van der Waals surface area (Å²) in [6.07, 6.45) is 0. The second kappa shape index (κ2) is 13.3. The fraction of sp³-hybridized carbons (Fsp3) is 0.303. The molecule has 8 nitrogen and oxygen atoms in total. The molecule has 224 valence electrons. The molecule has 0 spiro atoms. The van der Waals surface area contributed by atoms with Crippen LogP contribution in [0, 0.1) is 20.8 Å². The largest absolute Gasteiger partial charge is 0.490 e. The molecular weight excluding hydrogens is 626 g/mol. The molecule has 2 N–H and O–H groups in total. The van der Waals surface area contributed by atoms with E-state index in [-0.39, 0.29) is 5.91 Å². The quantitative estimate of drug-likeness (QED) is 0.167. The summed E-state index contributed by atoms with van der Waals surface area (Å²) < 4.78 is 14.9. The maximum Gasteiger partial charge on any atom is 0.255 e. The third-order valence-corrected chi connectivity index (χ3v) is 8.66. The summed E-state index contributed by atoms with van der Waals surface area (Å²) in [6, 6.07) is 17.5. The molecule has 0 radical (unpaired) electrons. The van der Waals surface area contributed by atoms with E-state index in [9.17, 15) is 4.79 Å². The van der Waals surface area contributed by atoms with E-state index >= 15 is 0 Å². The Morgan fingerprint density at radius 3 is 2.56 bits per heavy atom. The molecule has 0 saturated carbocycles. The number of allylic oxidation sites excluding steroid dienone is 1. The lowest BCUT2D eigenvalue weighted by atomic mass is 9.94. The Morgan fingerprint density at radius 2 is 1.84 bits per heavy atom. The molecule has 0 saturated heterocycles. The number of carbonyl (C=O) groups is 1. The van der Waals surface area contributed by atoms with E-state index < -0.39 is 6.04 Å². The molecule has 10 heteroatoms. The Hall–Kier alpha value is -3.76. The van der Waals surface area contributed by atoms with E-state index in [1.807, 2.05) is 58.0 Å². The monoisotopic (exact) mass is 661 g/mol. The zero-order chi connectivity index (χ0) is 30.7. The number of hydrogen-bond donors (Lipinski definition) is 2. The number of nitrogens with zero attached hydrogens (tertiary/aromatic N) is 3. The second-order valence-corrected chi connectivity index (χ2v) is 12.5. The van der Waals surface area contributed by atoms with Crippen LogP contribution in [0.2, 0.25) is 0 Å². The van der Waals surface area contributed by atoms with Crippen molar-refractivity contribution in [2.75, 3.05) is 23.0 Å². The number of ether oxygens (including phenoxy) is 2. The summed E-state index contributed by atoms with van der Waals surface area (Å²) in [7, 11) is 0. The van der Waals surface area contributed by atoms with Crippen LogP contribution < -0.4 is 20.1 Å². The topological polar surface area (TPSA) is 90.3 Å². The van der Waals surface area contributed by atoms with Crippen LogP contribution in [0.15, 0.2) is 75.5 Å². The van der Waals surface area contributed by atoms with Gasteiger partial charge in [0.2, 0.25) is 11.1 Å². The summed E-state index contributed by atoms with van der Waals surface area (Å²) in [4.78, 5) is 18.8. The zero-order valence-electron chi connectivity index (χ0n) is 25.2. The first-order chi connectivity index (χ1) is 20.7. The van der Waals surface area contributed by atoms with Crippen molar-refractivity contribution in [1.82, 2.24) is 14.8 Å². The molecular formula is C33H36BrN5O3S. The highest BCUT2D eigenvalue weighted by Gasteiger charge is 2.35. The molecule has 1 aliphatic rings. The fourth-order valence-corrected chi connectivity index (χ4v) is 6.12. The first-order valence-corrected chi connectivity index (χ1v) is 16.1. The van der Waals surface area contributed by atoms with Crippen molar-refractivity contribution in [3.8, 4) is 11.5 Å². The van der Waals surface area contributed by atoms with Crippen LogP contribution in [0.5, 0.6) is 11.5 Å². The van der Waals surface area contributed by atoms with Gasteiger partial charge in [-0.3, -0.25) is 4.79 Å². The molecule has 1 aromatic heterocycles. The van der Waals surface area contributed by atoms with E-state index in [0.29, 0.717) is 47.1 Å². The third-order valence-electron chi connectivity index (χ3n) is 7.36. The molecule has 43 heavy (non-hydrogen) atoms. The number of carbonyl (C=O) groups excluding carboxylic acids is 1. The molecule has 1 amide bonds. The predicted octanol–water partition coefficient (Wildman–Crippen LogP) is 7.98. The average molecular weight is 663 g/mol. The van der Waals surface area contributed by atoms with Gasteiger partial charge in [-0.05, 0) is 96.8 Å². The number of aryl methyl sites for hydroxylation is 2. The van der Waals surface area contributed by atoms with Gasteiger partial charge in [-0.1, -0.05) is 60.6 Å². The van der Waals surface area contributed by atoms with Gasteiger partial charge in [0.15, 0.2) is 11.5 Å². The second-order valence-electron chi connectivity index (χ2n) is 10.4. The van der Waals surface area contributed by atoms with Crippen molar-refractivity contribution in [2.45, 2.75) is 59.3 Å². The van der Waals surface area contributed by atoms with Crippen LogP contribution in [0.1, 0.15) is 54.6 Å². The van der Waals surface area contributed by atoms with E-state index in [1.165, 1.54) is 5.56 Å². The molecule has 2 heterocycles. The van der Waals surface area contributed by atoms with Crippen LogP contribution >= 0.6 is 27.7 Å². The van der Waals surface area contributed by atoms with Crippen LogP contribution in [-0.4, -0.2) is 33.0 Å². The first kappa shape index (κ1) is 30.7. The average Bonchev–Trinajstić information content (AvgIpc) is 3.37. The minimum Gasteiger partial charge on any atom is -0.490 e. The molecule has 1 atom stereocenters. The van der Waals surface area contributed by atoms with Crippen LogP contribution in [0.3, 0.4) is 0 Å². The highest BCUT2D eigenvalue weighted by Crippen LogP contribution is 2.43. The van der Waals surface area contributed by atoms with Gasteiger partial charge in [-0.15, -0.1) is 5.10 Å². The molecule has 5 rings (SSSR count). The summed E-state index contributed by atoms with van der Waals surface area (Å²) >= 11 is 5.30. The van der Waals surface area contributed by atoms with Gasteiger partial charge in [0.1, 0.15) is 12.6 Å². The van der Waals surface area contributed by atoms with E-state index in [0.717, 1.165) is 38.2 Å². The molecule has 4 aromatic rings. The number of thioether (sulfide) groups is 1. The van der Waals surface area contributed by atoms with Crippen molar-refractivity contribution in [3.05, 3.63) is 98.2 Å². The number of rotatable bonds is 10. The number of hydrogen-bond acceptors (Lipinski definition) is 7. The molecule has 0 aliphatic carbocycles. The van der Waals surface area contributed by atoms with Crippen LogP contribution in [-0.2, 0) is 11.4 Å². The SMILES string of the molecule is CCOc1cc(C2C(C(=O)Nc3cccc(C)c3C)=C(C)Nc3nc(SCC)nn32)cc(Br)c1OCc1ccc(C)cc1. The highest BCUT2D eigenvalue weighted by molar-refractivity contribution is 9.10. The Labute approximate surface area is 265 Å². The minimum absolute atomic E-state index is 0.219. The lowest BCUT2D eigenvalue weighted by molar-refractivity contribution is -0.113. The molecule has 3 aromatic carbocycles. The van der Waals surface area contributed by atoms with Gasteiger partial charge >= 0.3 is 0 Å². The van der Waals surface area contributed by atoms with E-state index in [2.05, 4.69) is 64.7 Å². The summed E-state index contributed by atoms with van der Waals surface area (Å²) in [5, 5.41) is 11.9. The van der Waals surface area contributed by atoms with Gasteiger partial charge in [0.05, 0.1) is 16.7 Å². The molecule has 0 bridgehead atoms. The number of halogens is 1. The fourth-order valence-electron chi connectivity index (χ4n) is 4.99. The Kier molecular flexibility index (Phi) is 9.46. The van der Waals surface area contributed by atoms with Gasteiger partial charge < -0.3 is 20.1 Å². The normalized spacial score (nSPS) is 14.3. The lowest BCUT2D eigenvalue weighted by Crippen LogP contribution is -2.31. The predicted molar refractivity (Wildman–Crippen MR) is 176 cm³/mol. The Balaban J connectivity index is 1.57. The van der Waals surface area contributed by atoms with Crippen molar-refractivity contribution in [3.63, 3.8) is 0 Å². The van der Waals surface area contributed by atoms with Gasteiger partial charge in [-0.2, -0.15) is 4.98 Å². The maximum absolute atomic E-state index is 14.1. The minimum atomic E-state index is -0.568.